The number of carbonyl (C=O) groups is 1. The highest BCUT2D eigenvalue weighted by Gasteiger charge is 2.23. The van der Waals surface area contributed by atoms with Gasteiger partial charge in [-0.25, -0.2) is 0 Å². The van der Waals surface area contributed by atoms with Crippen LogP contribution in [-0.4, -0.2) is 22.8 Å². The quantitative estimate of drug-likeness (QED) is 0.511. The number of rotatable bonds is 7. The summed E-state index contributed by atoms with van der Waals surface area (Å²) in [6.45, 7) is 6.68. The average Bonchev–Trinajstić information content (AvgIpc) is 2.93. The van der Waals surface area contributed by atoms with E-state index in [2.05, 4.69) is 63.8 Å². The molecule has 1 heterocycles. The van der Waals surface area contributed by atoms with Gasteiger partial charge in [0, 0.05) is 27.6 Å². The molecule has 4 nitrogen and oxygen atoms in total. The Morgan fingerprint density at radius 1 is 1.18 bits per heavy atom. The van der Waals surface area contributed by atoms with Crippen LogP contribution >= 0.6 is 15.9 Å². The normalized spacial score (nSPS) is 13.5. The van der Waals surface area contributed by atoms with E-state index in [1.54, 1.807) is 14.0 Å². The Hall–Kier alpha value is -2.27. The molecular weight excluding hydrogens is 418 g/mol. The Labute approximate surface area is 174 Å². The first kappa shape index (κ1) is 20.5. The summed E-state index contributed by atoms with van der Waals surface area (Å²) in [5.41, 5.74) is 4.74. The van der Waals surface area contributed by atoms with Gasteiger partial charge in [0.1, 0.15) is 5.75 Å². The number of methoxy groups -OCH3 is 1. The zero-order chi connectivity index (χ0) is 20.4. The number of aliphatic carboxylic acids is 1. The minimum Gasteiger partial charge on any atom is -0.497 e. The molecule has 0 unspecified atom stereocenters. The summed E-state index contributed by atoms with van der Waals surface area (Å²) in [6, 6.07) is 14.5. The van der Waals surface area contributed by atoms with Crippen LogP contribution in [-0.2, 0) is 17.8 Å². The van der Waals surface area contributed by atoms with E-state index >= 15 is 0 Å². The van der Waals surface area contributed by atoms with E-state index < -0.39 is 11.9 Å². The number of ether oxygens (including phenoxy) is 1. The topological polar surface area (TPSA) is 51.5 Å². The summed E-state index contributed by atoms with van der Waals surface area (Å²) >= 11 is 3.49. The third kappa shape index (κ3) is 4.09. The van der Waals surface area contributed by atoms with Crippen LogP contribution in [0, 0.1) is 18.8 Å². The van der Waals surface area contributed by atoms with Crippen molar-refractivity contribution in [2.75, 3.05) is 7.11 Å². The zero-order valence-corrected chi connectivity index (χ0v) is 18.3. The minimum atomic E-state index is -0.749. The highest BCUT2D eigenvalue weighted by molar-refractivity contribution is 9.10. The van der Waals surface area contributed by atoms with E-state index in [0.29, 0.717) is 0 Å². The van der Waals surface area contributed by atoms with Gasteiger partial charge in [-0.2, -0.15) is 0 Å². The number of benzene rings is 2. The second-order valence-corrected chi connectivity index (χ2v) is 8.38. The molecule has 0 fully saturated rings. The number of aromatic nitrogens is 1. The SMILES string of the molecule is COc1ccc2c(c1)c(C[C@@H](C)[C@@H](C)C(=O)O)c(C)n2Cc1ccc(Br)cc1. The fourth-order valence-corrected chi connectivity index (χ4v) is 3.90. The Kier molecular flexibility index (Phi) is 6.14. The molecule has 0 spiro atoms. The number of hydrogen-bond acceptors (Lipinski definition) is 2. The van der Waals surface area contributed by atoms with E-state index in [4.69, 9.17) is 4.74 Å². The Morgan fingerprint density at radius 3 is 2.46 bits per heavy atom. The van der Waals surface area contributed by atoms with E-state index in [-0.39, 0.29) is 5.92 Å². The Morgan fingerprint density at radius 2 is 1.86 bits per heavy atom. The van der Waals surface area contributed by atoms with Gasteiger partial charge in [-0.1, -0.05) is 41.9 Å². The molecule has 0 aliphatic heterocycles. The number of nitrogens with zero attached hydrogens (tertiary/aromatic N) is 1. The molecular formula is C23H26BrNO3. The van der Waals surface area contributed by atoms with Crippen LogP contribution in [0.3, 0.4) is 0 Å². The van der Waals surface area contributed by atoms with Crippen LogP contribution < -0.4 is 4.74 Å². The number of fused-ring (bicyclic) bond motifs is 1. The molecule has 1 N–H and O–H groups in total. The van der Waals surface area contributed by atoms with E-state index in [0.717, 1.165) is 34.1 Å². The number of hydrogen-bond donors (Lipinski definition) is 1. The van der Waals surface area contributed by atoms with Crippen molar-refractivity contribution < 1.29 is 14.6 Å². The van der Waals surface area contributed by atoms with Gasteiger partial charge in [0.25, 0.3) is 0 Å². The third-order valence-corrected chi connectivity index (χ3v) is 6.21. The van der Waals surface area contributed by atoms with Crippen molar-refractivity contribution in [3.8, 4) is 5.75 Å². The molecule has 0 radical (unpaired) electrons. The molecule has 0 amide bonds. The second-order valence-electron chi connectivity index (χ2n) is 7.47. The lowest BCUT2D eigenvalue weighted by Gasteiger charge is -2.16. The standard InChI is InChI=1S/C23H26BrNO3/c1-14(15(2)23(26)27)11-20-16(3)25(13-17-5-7-18(24)8-6-17)22-10-9-19(28-4)12-21(20)22/h5-10,12,14-15H,11,13H2,1-4H3,(H,26,27)/t14-,15-/m1/s1. The minimum absolute atomic E-state index is 0.0362. The smallest absolute Gasteiger partial charge is 0.306 e. The molecule has 0 saturated heterocycles. The molecule has 148 valence electrons. The molecule has 3 aromatic rings. The van der Waals surface area contributed by atoms with Gasteiger partial charge in [0.05, 0.1) is 13.0 Å². The maximum atomic E-state index is 11.4. The first-order valence-electron chi connectivity index (χ1n) is 9.44. The molecule has 1 aromatic heterocycles. The largest absolute Gasteiger partial charge is 0.497 e. The molecule has 0 bridgehead atoms. The lowest BCUT2D eigenvalue weighted by atomic mass is 9.89. The second kappa shape index (κ2) is 8.39. The molecule has 5 heteroatoms. The number of halogens is 1. The van der Waals surface area contributed by atoms with Gasteiger partial charge in [-0.3, -0.25) is 4.79 Å². The number of carboxylic acids is 1. The predicted octanol–water partition coefficient (Wildman–Crippen LogP) is 5.67. The predicted molar refractivity (Wildman–Crippen MR) is 116 cm³/mol. The summed E-state index contributed by atoms with van der Waals surface area (Å²) in [5.74, 6) is -0.293. The third-order valence-electron chi connectivity index (χ3n) is 5.68. The van der Waals surface area contributed by atoms with Gasteiger partial charge in [-0.05, 0) is 60.7 Å². The van der Waals surface area contributed by atoms with Gasteiger partial charge in [-0.15, -0.1) is 0 Å². The lowest BCUT2D eigenvalue weighted by Crippen LogP contribution is -2.20. The monoisotopic (exact) mass is 443 g/mol. The van der Waals surface area contributed by atoms with Gasteiger partial charge < -0.3 is 14.4 Å². The van der Waals surface area contributed by atoms with Crippen LogP contribution in [0.1, 0.15) is 30.7 Å². The first-order chi connectivity index (χ1) is 13.3. The zero-order valence-electron chi connectivity index (χ0n) is 16.7. The molecule has 0 aliphatic rings. The van der Waals surface area contributed by atoms with E-state index in [1.807, 2.05) is 13.0 Å². The van der Waals surface area contributed by atoms with E-state index in [9.17, 15) is 9.90 Å². The van der Waals surface area contributed by atoms with Gasteiger partial charge in [0.2, 0.25) is 0 Å². The van der Waals surface area contributed by atoms with Crippen LogP contribution in [0.25, 0.3) is 10.9 Å². The molecule has 0 aliphatic carbocycles. The van der Waals surface area contributed by atoms with Crippen LogP contribution in [0.5, 0.6) is 5.75 Å². The van der Waals surface area contributed by atoms with Crippen molar-refractivity contribution in [2.45, 2.75) is 33.7 Å². The Bertz CT molecular complexity index is 991. The van der Waals surface area contributed by atoms with Crippen LogP contribution in [0.2, 0.25) is 0 Å². The van der Waals surface area contributed by atoms with Crippen molar-refractivity contribution in [2.24, 2.45) is 11.8 Å². The van der Waals surface area contributed by atoms with Gasteiger partial charge in [0.15, 0.2) is 0 Å². The van der Waals surface area contributed by atoms with Gasteiger partial charge >= 0.3 is 5.97 Å². The fraction of sp³-hybridized carbons (Fsp3) is 0.348. The van der Waals surface area contributed by atoms with Crippen molar-refractivity contribution >= 4 is 32.8 Å². The van der Waals surface area contributed by atoms with E-state index in [1.165, 1.54) is 16.8 Å². The molecule has 3 rings (SSSR count). The summed E-state index contributed by atoms with van der Waals surface area (Å²) in [7, 11) is 1.67. The lowest BCUT2D eigenvalue weighted by molar-refractivity contribution is -0.142. The van der Waals surface area contributed by atoms with Crippen LogP contribution in [0.15, 0.2) is 46.9 Å². The highest BCUT2D eigenvalue weighted by atomic mass is 79.9. The summed E-state index contributed by atoms with van der Waals surface area (Å²) in [4.78, 5) is 11.4. The molecule has 0 saturated carbocycles. The van der Waals surface area contributed by atoms with Crippen LogP contribution in [0.4, 0.5) is 0 Å². The number of carboxylic acid groups (broad SMARTS) is 1. The van der Waals surface area contributed by atoms with Crippen molar-refractivity contribution in [3.63, 3.8) is 0 Å². The Balaban J connectivity index is 2.07. The summed E-state index contributed by atoms with van der Waals surface area (Å²) in [6.07, 6.45) is 0.719. The average molecular weight is 444 g/mol. The fourth-order valence-electron chi connectivity index (χ4n) is 3.63. The molecule has 2 aromatic carbocycles. The van der Waals surface area contributed by atoms with Crippen molar-refractivity contribution in [3.05, 3.63) is 63.8 Å². The summed E-state index contributed by atoms with van der Waals surface area (Å²) < 4.78 is 8.81. The highest BCUT2D eigenvalue weighted by Crippen LogP contribution is 2.33. The molecule has 28 heavy (non-hydrogen) atoms. The summed E-state index contributed by atoms with van der Waals surface area (Å²) in [5, 5.41) is 10.5. The molecule has 2 atom stereocenters. The maximum absolute atomic E-state index is 11.4. The maximum Gasteiger partial charge on any atom is 0.306 e. The van der Waals surface area contributed by atoms with Crippen molar-refractivity contribution in [1.29, 1.82) is 0 Å². The van der Waals surface area contributed by atoms with Crippen molar-refractivity contribution in [1.82, 2.24) is 4.57 Å². The first-order valence-corrected chi connectivity index (χ1v) is 10.2.